The van der Waals surface area contributed by atoms with Crippen molar-refractivity contribution in [2.45, 2.75) is 33.3 Å². The first-order chi connectivity index (χ1) is 8.36. The number of nitrogens with two attached hydrogens (primary N) is 1. The van der Waals surface area contributed by atoms with Gasteiger partial charge in [-0.25, -0.2) is 0 Å². The molecule has 18 heavy (non-hydrogen) atoms. The molecule has 0 saturated carbocycles. The Morgan fingerprint density at radius 1 is 1.50 bits per heavy atom. The highest BCUT2D eigenvalue weighted by Crippen LogP contribution is 2.28. The van der Waals surface area contributed by atoms with Crippen molar-refractivity contribution in [2.75, 3.05) is 0 Å². The van der Waals surface area contributed by atoms with Gasteiger partial charge in [-0.1, -0.05) is 6.92 Å². The number of hydrogen-bond donors (Lipinski definition) is 2. The quantitative estimate of drug-likeness (QED) is 0.362. The molecule has 0 fully saturated rings. The molecule has 0 heterocycles. The zero-order chi connectivity index (χ0) is 13.9. The Hall–Kier alpha value is -2.11. The fraction of sp³-hybridized carbons (Fsp3) is 0.417. The highest BCUT2D eigenvalue weighted by atomic mass is 16.6. The summed E-state index contributed by atoms with van der Waals surface area (Å²) in [7, 11) is 0. The number of hydrogen-bond acceptors (Lipinski definition) is 4. The molecule has 1 unspecified atom stereocenters. The van der Waals surface area contributed by atoms with Gasteiger partial charge in [-0.15, -0.1) is 0 Å². The molecule has 1 atom stereocenters. The fourth-order valence-electron chi connectivity index (χ4n) is 1.62. The van der Waals surface area contributed by atoms with Crippen LogP contribution in [0.4, 0.5) is 5.69 Å². The molecule has 0 aromatic heterocycles. The molecule has 6 heteroatoms. The minimum atomic E-state index is -0.496. The van der Waals surface area contributed by atoms with E-state index < -0.39 is 11.0 Å². The summed E-state index contributed by atoms with van der Waals surface area (Å²) in [5.41, 5.74) is 6.66. The van der Waals surface area contributed by atoms with E-state index in [0.29, 0.717) is 23.3 Å². The summed E-state index contributed by atoms with van der Waals surface area (Å²) in [6, 6.07) is 3.08. The van der Waals surface area contributed by atoms with Crippen LogP contribution in [0.1, 0.15) is 24.5 Å². The highest BCUT2D eigenvalue weighted by molar-refractivity contribution is 5.82. The van der Waals surface area contributed by atoms with Crippen LogP contribution in [0.3, 0.4) is 0 Å². The Labute approximate surface area is 105 Å². The maximum absolute atomic E-state index is 10.8. The molecular weight excluding hydrogens is 234 g/mol. The standard InChI is InChI=1S/C12H17N3O3/c1-4-10(12(13)14)18-11-6-7(2)9(15(16)17)5-8(11)3/h5-6,10H,4H2,1-3H3,(H3,13,14). The molecule has 1 aromatic rings. The monoisotopic (exact) mass is 251 g/mol. The van der Waals surface area contributed by atoms with E-state index in [1.54, 1.807) is 19.9 Å². The summed E-state index contributed by atoms with van der Waals surface area (Å²) in [6.45, 7) is 5.24. The van der Waals surface area contributed by atoms with Crippen LogP contribution in [0.5, 0.6) is 5.75 Å². The number of aryl methyl sites for hydroxylation is 2. The zero-order valence-corrected chi connectivity index (χ0v) is 10.7. The van der Waals surface area contributed by atoms with Crippen molar-refractivity contribution in [2.24, 2.45) is 5.73 Å². The van der Waals surface area contributed by atoms with Gasteiger partial charge in [0.15, 0.2) is 6.10 Å². The topological polar surface area (TPSA) is 102 Å². The third-order valence-corrected chi connectivity index (χ3v) is 2.68. The molecule has 0 amide bonds. The molecule has 0 aliphatic rings. The number of rotatable bonds is 5. The summed E-state index contributed by atoms with van der Waals surface area (Å²) < 4.78 is 5.60. The minimum Gasteiger partial charge on any atom is -0.482 e. The van der Waals surface area contributed by atoms with Crippen molar-refractivity contribution in [1.29, 1.82) is 5.41 Å². The van der Waals surface area contributed by atoms with Gasteiger partial charge in [0.25, 0.3) is 5.69 Å². The largest absolute Gasteiger partial charge is 0.482 e. The normalized spacial score (nSPS) is 11.9. The van der Waals surface area contributed by atoms with Crippen LogP contribution >= 0.6 is 0 Å². The molecule has 6 nitrogen and oxygen atoms in total. The average molecular weight is 251 g/mol. The van der Waals surface area contributed by atoms with Gasteiger partial charge in [0.2, 0.25) is 0 Å². The first-order valence-electron chi connectivity index (χ1n) is 5.63. The van der Waals surface area contributed by atoms with Gasteiger partial charge in [-0.3, -0.25) is 15.5 Å². The second-order valence-electron chi connectivity index (χ2n) is 4.13. The highest BCUT2D eigenvalue weighted by Gasteiger charge is 2.17. The lowest BCUT2D eigenvalue weighted by Gasteiger charge is -2.18. The Balaban J connectivity index is 3.08. The Kier molecular flexibility index (Phi) is 4.25. The molecule has 0 spiro atoms. The maximum atomic E-state index is 10.8. The summed E-state index contributed by atoms with van der Waals surface area (Å²) in [5, 5.41) is 18.2. The first-order valence-corrected chi connectivity index (χ1v) is 5.63. The average Bonchev–Trinajstić information content (AvgIpc) is 2.28. The first kappa shape index (κ1) is 14.0. The lowest BCUT2D eigenvalue weighted by molar-refractivity contribution is -0.385. The number of nitro groups is 1. The van der Waals surface area contributed by atoms with Crippen molar-refractivity contribution in [3.05, 3.63) is 33.4 Å². The summed E-state index contributed by atoms with van der Waals surface area (Å²) in [6.07, 6.45) is 0.0784. The van der Waals surface area contributed by atoms with E-state index in [9.17, 15) is 10.1 Å². The summed E-state index contributed by atoms with van der Waals surface area (Å²) in [4.78, 5) is 10.4. The van der Waals surface area contributed by atoms with Crippen molar-refractivity contribution < 1.29 is 9.66 Å². The molecule has 0 aliphatic heterocycles. The summed E-state index contributed by atoms with van der Waals surface area (Å²) in [5.74, 6) is 0.480. The maximum Gasteiger partial charge on any atom is 0.272 e. The SMILES string of the molecule is CCC(Oc1cc(C)c([N+](=O)[O-])cc1C)C(=N)N. The van der Waals surface area contributed by atoms with Gasteiger partial charge < -0.3 is 10.5 Å². The van der Waals surface area contributed by atoms with Crippen LogP contribution in [0.2, 0.25) is 0 Å². The van der Waals surface area contributed by atoms with Gasteiger partial charge in [0.1, 0.15) is 11.6 Å². The van der Waals surface area contributed by atoms with Crippen molar-refractivity contribution in [1.82, 2.24) is 0 Å². The Bertz CT molecular complexity index is 486. The molecule has 0 bridgehead atoms. The number of ether oxygens (including phenoxy) is 1. The van der Waals surface area contributed by atoms with Crippen LogP contribution in [0, 0.1) is 29.4 Å². The number of nitrogens with one attached hydrogen (secondary N) is 1. The third-order valence-electron chi connectivity index (χ3n) is 2.68. The molecule has 98 valence electrons. The third kappa shape index (κ3) is 2.97. The van der Waals surface area contributed by atoms with Crippen molar-refractivity contribution in [3.63, 3.8) is 0 Å². The van der Waals surface area contributed by atoms with Crippen LogP contribution in [-0.4, -0.2) is 16.9 Å². The molecule has 1 aromatic carbocycles. The summed E-state index contributed by atoms with van der Waals surface area (Å²) >= 11 is 0. The molecule has 0 radical (unpaired) electrons. The number of nitro benzene ring substituents is 1. The van der Waals surface area contributed by atoms with Gasteiger partial charge in [0, 0.05) is 11.6 Å². The molecular formula is C12H17N3O3. The zero-order valence-electron chi connectivity index (χ0n) is 10.7. The van der Waals surface area contributed by atoms with Gasteiger partial charge >= 0.3 is 0 Å². The lowest BCUT2D eigenvalue weighted by atomic mass is 10.1. The second kappa shape index (κ2) is 5.48. The van der Waals surface area contributed by atoms with E-state index in [1.165, 1.54) is 6.07 Å². The molecule has 1 rings (SSSR count). The number of amidine groups is 1. The van der Waals surface area contributed by atoms with Crippen LogP contribution < -0.4 is 10.5 Å². The predicted octanol–water partition coefficient (Wildman–Crippen LogP) is 2.31. The Morgan fingerprint density at radius 2 is 2.11 bits per heavy atom. The number of benzene rings is 1. The molecule has 0 aliphatic carbocycles. The predicted molar refractivity (Wildman–Crippen MR) is 69.2 cm³/mol. The fourth-order valence-corrected chi connectivity index (χ4v) is 1.62. The minimum absolute atomic E-state index is 0.0482. The van der Waals surface area contributed by atoms with Gasteiger partial charge in [-0.05, 0) is 31.9 Å². The van der Waals surface area contributed by atoms with Crippen LogP contribution in [0.15, 0.2) is 12.1 Å². The van der Waals surface area contributed by atoms with Crippen molar-refractivity contribution >= 4 is 11.5 Å². The van der Waals surface area contributed by atoms with E-state index in [0.717, 1.165) is 0 Å². The lowest BCUT2D eigenvalue weighted by Crippen LogP contribution is -2.32. The smallest absolute Gasteiger partial charge is 0.272 e. The Morgan fingerprint density at radius 3 is 2.56 bits per heavy atom. The van der Waals surface area contributed by atoms with E-state index in [-0.39, 0.29) is 11.5 Å². The van der Waals surface area contributed by atoms with Gasteiger partial charge in [-0.2, -0.15) is 0 Å². The van der Waals surface area contributed by atoms with Gasteiger partial charge in [0.05, 0.1) is 4.92 Å². The van der Waals surface area contributed by atoms with E-state index in [2.05, 4.69) is 0 Å². The van der Waals surface area contributed by atoms with E-state index in [1.807, 2.05) is 6.92 Å². The molecule has 0 saturated heterocycles. The van der Waals surface area contributed by atoms with E-state index in [4.69, 9.17) is 15.9 Å². The second-order valence-corrected chi connectivity index (χ2v) is 4.13. The molecule has 3 N–H and O–H groups in total. The van der Waals surface area contributed by atoms with Crippen molar-refractivity contribution in [3.8, 4) is 5.75 Å². The number of nitrogens with zero attached hydrogens (tertiary/aromatic N) is 1. The van der Waals surface area contributed by atoms with Crippen LogP contribution in [-0.2, 0) is 0 Å². The van der Waals surface area contributed by atoms with Crippen LogP contribution in [0.25, 0.3) is 0 Å². The van der Waals surface area contributed by atoms with E-state index >= 15 is 0 Å².